The van der Waals surface area contributed by atoms with Crippen molar-refractivity contribution in [2.75, 3.05) is 11.1 Å². The predicted octanol–water partition coefficient (Wildman–Crippen LogP) is 2.67. The van der Waals surface area contributed by atoms with Crippen LogP contribution in [0, 0.1) is 11.3 Å². The SMILES string of the molecule is N#Cc1ccnc(NC2CCCCCC2)c1N. The first-order valence-corrected chi connectivity index (χ1v) is 6.22. The molecule has 1 aromatic rings. The number of anilines is 2. The van der Waals surface area contributed by atoms with Crippen LogP contribution in [0.3, 0.4) is 0 Å². The molecule has 0 unspecified atom stereocenters. The topological polar surface area (TPSA) is 74.7 Å². The molecule has 0 aromatic carbocycles. The molecule has 1 aliphatic carbocycles. The maximum Gasteiger partial charge on any atom is 0.150 e. The molecule has 1 aliphatic rings. The molecule has 90 valence electrons. The average molecular weight is 230 g/mol. The molecule has 0 aliphatic heterocycles. The van der Waals surface area contributed by atoms with Crippen molar-refractivity contribution in [1.82, 2.24) is 4.98 Å². The van der Waals surface area contributed by atoms with E-state index >= 15 is 0 Å². The van der Waals surface area contributed by atoms with Crippen LogP contribution in [0.5, 0.6) is 0 Å². The molecule has 4 nitrogen and oxygen atoms in total. The number of rotatable bonds is 2. The van der Waals surface area contributed by atoms with Gasteiger partial charge in [-0.05, 0) is 18.9 Å². The van der Waals surface area contributed by atoms with E-state index in [1.807, 2.05) is 0 Å². The first kappa shape index (κ1) is 11.7. The summed E-state index contributed by atoms with van der Waals surface area (Å²) in [5, 5.41) is 12.3. The number of pyridine rings is 1. The molecule has 0 spiro atoms. The quantitative estimate of drug-likeness (QED) is 0.766. The second-order valence-electron chi connectivity index (χ2n) is 4.57. The molecule has 0 atom stereocenters. The lowest BCUT2D eigenvalue weighted by atomic mass is 10.1. The van der Waals surface area contributed by atoms with Gasteiger partial charge >= 0.3 is 0 Å². The summed E-state index contributed by atoms with van der Waals surface area (Å²) >= 11 is 0. The minimum atomic E-state index is 0.446. The maximum absolute atomic E-state index is 8.91. The number of hydrogen-bond donors (Lipinski definition) is 2. The zero-order valence-corrected chi connectivity index (χ0v) is 9.95. The lowest BCUT2D eigenvalue weighted by Crippen LogP contribution is -2.20. The van der Waals surface area contributed by atoms with Crippen LogP contribution in [0.25, 0.3) is 0 Å². The van der Waals surface area contributed by atoms with E-state index in [2.05, 4.69) is 16.4 Å². The average Bonchev–Trinajstić information content (AvgIpc) is 2.60. The standard InChI is InChI=1S/C13H18N4/c14-9-10-7-8-16-13(12(10)15)17-11-5-3-1-2-4-6-11/h7-8,11H,1-6,15H2,(H,16,17). The van der Waals surface area contributed by atoms with Crippen molar-refractivity contribution < 1.29 is 0 Å². The van der Waals surface area contributed by atoms with Crippen LogP contribution in [0.15, 0.2) is 12.3 Å². The van der Waals surface area contributed by atoms with Gasteiger partial charge in [0.1, 0.15) is 6.07 Å². The molecule has 0 amide bonds. The zero-order valence-electron chi connectivity index (χ0n) is 9.95. The maximum atomic E-state index is 8.91. The fourth-order valence-corrected chi connectivity index (χ4v) is 2.30. The molecule has 0 radical (unpaired) electrons. The van der Waals surface area contributed by atoms with Crippen LogP contribution in [0.2, 0.25) is 0 Å². The largest absolute Gasteiger partial charge is 0.395 e. The van der Waals surface area contributed by atoms with Crippen LogP contribution in [-0.4, -0.2) is 11.0 Å². The van der Waals surface area contributed by atoms with E-state index in [0.29, 0.717) is 23.1 Å². The minimum absolute atomic E-state index is 0.446. The molecule has 1 fully saturated rings. The first-order valence-electron chi connectivity index (χ1n) is 6.22. The Morgan fingerprint density at radius 3 is 2.65 bits per heavy atom. The van der Waals surface area contributed by atoms with Gasteiger partial charge in [-0.3, -0.25) is 0 Å². The van der Waals surface area contributed by atoms with E-state index in [1.165, 1.54) is 25.7 Å². The summed E-state index contributed by atoms with van der Waals surface area (Å²) in [6.45, 7) is 0. The fourth-order valence-electron chi connectivity index (χ4n) is 2.30. The van der Waals surface area contributed by atoms with E-state index in [0.717, 1.165) is 12.8 Å². The molecule has 0 saturated heterocycles. The number of nitrogens with two attached hydrogens (primary N) is 1. The Hall–Kier alpha value is -1.76. The summed E-state index contributed by atoms with van der Waals surface area (Å²) in [4.78, 5) is 4.22. The fraction of sp³-hybridized carbons (Fsp3) is 0.538. The molecule has 0 bridgehead atoms. The van der Waals surface area contributed by atoms with Gasteiger partial charge < -0.3 is 11.1 Å². The smallest absolute Gasteiger partial charge is 0.150 e. The summed E-state index contributed by atoms with van der Waals surface area (Å²) < 4.78 is 0. The van der Waals surface area contributed by atoms with Crippen molar-refractivity contribution in [2.24, 2.45) is 0 Å². The second kappa shape index (κ2) is 5.53. The van der Waals surface area contributed by atoms with E-state index in [1.54, 1.807) is 12.3 Å². The summed E-state index contributed by atoms with van der Waals surface area (Å²) in [7, 11) is 0. The van der Waals surface area contributed by atoms with Gasteiger partial charge in [-0.1, -0.05) is 25.7 Å². The van der Waals surface area contributed by atoms with Crippen LogP contribution < -0.4 is 11.1 Å². The monoisotopic (exact) mass is 230 g/mol. The third-order valence-corrected chi connectivity index (χ3v) is 3.31. The van der Waals surface area contributed by atoms with Crippen molar-refractivity contribution >= 4 is 11.5 Å². The number of nitrogens with one attached hydrogen (secondary N) is 1. The Bertz CT molecular complexity index is 414. The lowest BCUT2D eigenvalue weighted by molar-refractivity contribution is 0.618. The van der Waals surface area contributed by atoms with Crippen molar-refractivity contribution in [1.29, 1.82) is 5.26 Å². The van der Waals surface area contributed by atoms with Gasteiger partial charge in [0.05, 0.1) is 11.3 Å². The number of nitrogens with zero attached hydrogens (tertiary/aromatic N) is 2. The van der Waals surface area contributed by atoms with Gasteiger partial charge in [0, 0.05) is 12.2 Å². The van der Waals surface area contributed by atoms with Crippen LogP contribution >= 0.6 is 0 Å². The van der Waals surface area contributed by atoms with Gasteiger partial charge in [-0.15, -0.1) is 0 Å². The van der Waals surface area contributed by atoms with E-state index in [-0.39, 0.29) is 0 Å². The van der Waals surface area contributed by atoms with Crippen molar-refractivity contribution in [3.63, 3.8) is 0 Å². The molecule has 1 heterocycles. The predicted molar refractivity (Wildman–Crippen MR) is 68.5 cm³/mol. The first-order chi connectivity index (χ1) is 8.31. The molecular weight excluding hydrogens is 212 g/mol. The van der Waals surface area contributed by atoms with Crippen LogP contribution in [0.1, 0.15) is 44.1 Å². The molecule has 4 heteroatoms. The molecule has 2 rings (SSSR count). The molecule has 1 aromatic heterocycles. The highest BCUT2D eigenvalue weighted by atomic mass is 15.0. The highest BCUT2D eigenvalue weighted by molar-refractivity contribution is 5.69. The Kier molecular flexibility index (Phi) is 3.81. The summed E-state index contributed by atoms with van der Waals surface area (Å²) in [6.07, 6.45) is 9.12. The highest BCUT2D eigenvalue weighted by Gasteiger charge is 2.14. The summed E-state index contributed by atoms with van der Waals surface area (Å²) in [6, 6.07) is 4.17. The van der Waals surface area contributed by atoms with Gasteiger partial charge in [-0.25, -0.2) is 4.98 Å². The third kappa shape index (κ3) is 2.88. The van der Waals surface area contributed by atoms with Gasteiger partial charge in [0.15, 0.2) is 5.82 Å². The Balaban J connectivity index is 2.10. The number of nitriles is 1. The van der Waals surface area contributed by atoms with Crippen molar-refractivity contribution in [2.45, 2.75) is 44.6 Å². The Labute approximate surface area is 102 Å². The number of hydrogen-bond acceptors (Lipinski definition) is 4. The molecular formula is C13H18N4. The molecule has 1 saturated carbocycles. The molecule has 3 N–H and O–H groups in total. The van der Waals surface area contributed by atoms with E-state index in [9.17, 15) is 0 Å². The highest BCUT2D eigenvalue weighted by Crippen LogP contribution is 2.24. The minimum Gasteiger partial charge on any atom is -0.395 e. The Morgan fingerprint density at radius 1 is 1.29 bits per heavy atom. The lowest BCUT2D eigenvalue weighted by Gasteiger charge is -2.18. The summed E-state index contributed by atoms with van der Waals surface area (Å²) in [5.41, 5.74) is 6.87. The van der Waals surface area contributed by atoms with Crippen molar-refractivity contribution in [3.8, 4) is 6.07 Å². The second-order valence-corrected chi connectivity index (χ2v) is 4.57. The van der Waals surface area contributed by atoms with Crippen LogP contribution in [0.4, 0.5) is 11.5 Å². The Morgan fingerprint density at radius 2 is 2.00 bits per heavy atom. The van der Waals surface area contributed by atoms with E-state index in [4.69, 9.17) is 11.0 Å². The van der Waals surface area contributed by atoms with Gasteiger partial charge in [0.25, 0.3) is 0 Å². The van der Waals surface area contributed by atoms with Gasteiger partial charge in [-0.2, -0.15) is 5.26 Å². The summed E-state index contributed by atoms with van der Waals surface area (Å²) in [5.74, 6) is 0.663. The normalized spacial score (nSPS) is 17.1. The number of nitrogen functional groups attached to an aromatic ring is 1. The molecule has 17 heavy (non-hydrogen) atoms. The van der Waals surface area contributed by atoms with Crippen molar-refractivity contribution in [3.05, 3.63) is 17.8 Å². The number of aromatic nitrogens is 1. The van der Waals surface area contributed by atoms with Crippen LogP contribution in [-0.2, 0) is 0 Å². The van der Waals surface area contributed by atoms with E-state index < -0.39 is 0 Å². The van der Waals surface area contributed by atoms with Gasteiger partial charge in [0.2, 0.25) is 0 Å². The third-order valence-electron chi connectivity index (χ3n) is 3.31. The zero-order chi connectivity index (χ0) is 12.1.